The Bertz CT molecular complexity index is 1550. The van der Waals surface area contributed by atoms with Crippen molar-refractivity contribution >= 4 is 10.2 Å². The van der Waals surface area contributed by atoms with Crippen molar-refractivity contribution in [2.45, 2.75) is 64.8 Å². The van der Waals surface area contributed by atoms with E-state index in [0.717, 1.165) is 33.4 Å². The first-order valence-electron chi connectivity index (χ1n) is 15.0. The number of aliphatic hydroxyl groups excluding tert-OH is 2. The Kier molecular flexibility index (Phi) is 9.49. The van der Waals surface area contributed by atoms with Gasteiger partial charge < -0.3 is 10.2 Å². The monoisotopic (exact) mass is 598 g/mol. The minimum atomic E-state index is -4.06. The van der Waals surface area contributed by atoms with Gasteiger partial charge in [-0.1, -0.05) is 125 Å². The number of aliphatic hydroxyl groups is 2. The number of hydrogen-bond donors (Lipinski definition) is 2. The molecule has 1 aliphatic rings. The maximum Gasteiger partial charge on any atom is 0.282 e. The van der Waals surface area contributed by atoms with Gasteiger partial charge in [0.2, 0.25) is 0 Å². The fourth-order valence-corrected chi connectivity index (χ4v) is 7.31. The molecule has 4 aromatic rings. The summed E-state index contributed by atoms with van der Waals surface area (Å²) in [7, 11) is -4.06. The Hall–Kier alpha value is -3.33. The molecule has 6 nitrogen and oxygen atoms in total. The fourth-order valence-electron chi connectivity index (χ4n) is 5.69. The zero-order valence-electron chi connectivity index (χ0n) is 25.4. The predicted molar refractivity (Wildman–Crippen MR) is 174 cm³/mol. The van der Waals surface area contributed by atoms with E-state index >= 15 is 0 Å². The minimum absolute atomic E-state index is 0.0722. The van der Waals surface area contributed by atoms with Crippen molar-refractivity contribution < 1.29 is 18.6 Å². The molecular formula is C36H42N2O4S. The van der Waals surface area contributed by atoms with Crippen molar-refractivity contribution in [3.8, 4) is 22.3 Å². The molecule has 0 spiro atoms. The van der Waals surface area contributed by atoms with Crippen LogP contribution in [0.15, 0.2) is 97.1 Å². The number of β-amino-alcohol motifs (C(OH)–C–C–N with tert-alkyl or cyclic N) is 2. The van der Waals surface area contributed by atoms with Crippen molar-refractivity contribution in [1.29, 1.82) is 0 Å². The summed E-state index contributed by atoms with van der Waals surface area (Å²) in [5.74, 6) is 0.720. The van der Waals surface area contributed by atoms with Gasteiger partial charge in [0.15, 0.2) is 0 Å². The minimum Gasteiger partial charge on any atom is -0.389 e. The van der Waals surface area contributed by atoms with Gasteiger partial charge in [-0.25, -0.2) is 0 Å². The summed E-state index contributed by atoms with van der Waals surface area (Å²) in [5.41, 5.74) is 8.01. The third-order valence-electron chi connectivity index (χ3n) is 8.33. The van der Waals surface area contributed by atoms with Crippen LogP contribution in [0.3, 0.4) is 0 Å². The molecule has 0 saturated carbocycles. The van der Waals surface area contributed by atoms with Crippen LogP contribution in [0.2, 0.25) is 0 Å². The molecule has 5 rings (SSSR count). The average Bonchev–Trinajstić information content (AvgIpc) is 3.07. The van der Waals surface area contributed by atoms with E-state index in [2.05, 4.69) is 52.0 Å². The van der Waals surface area contributed by atoms with Crippen LogP contribution in [0.5, 0.6) is 0 Å². The van der Waals surface area contributed by atoms with Crippen LogP contribution in [-0.2, 0) is 23.3 Å². The predicted octanol–water partition coefficient (Wildman–Crippen LogP) is 6.55. The Labute approximate surface area is 256 Å². The summed E-state index contributed by atoms with van der Waals surface area (Å²) < 4.78 is 31.1. The molecule has 0 amide bonds. The lowest BCUT2D eigenvalue weighted by molar-refractivity contribution is 0.00890. The van der Waals surface area contributed by atoms with Gasteiger partial charge in [0.1, 0.15) is 0 Å². The lowest BCUT2D eigenvalue weighted by atomic mass is 9.94. The Morgan fingerprint density at radius 3 is 1.42 bits per heavy atom. The molecular weight excluding hydrogens is 556 g/mol. The van der Waals surface area contributed by atoms with E-state index in [1.54, 1.807) is 0 Å². The first-order valence-corrected chi connectivity index (χ1v) is 16.4. The zero-order chi connectivity index (χ0) is 30.7. The van der Waals surface area contributed by atoms with Crippen molar-refractivity contribution in [1.82, 2.24) is 8.61 Å². The van der Waals surface area contributed by atoms with Crippen LogP contribution in [0.25, 0.3) is 22.3 Å². The highest BCUT2D eigenvalue weighted by Gasteiger charge is 2.39. The SMILES string of the molecule is CC(C)c1cccc(-c2ccccc2CN2C[C@H](O)[C@@H](O)CN(Cc3ccccc3-c3cccc(C(C)C)c3)S2(=O)=O)c1. The summed E-state index contributed by atoms with van der Waals surface area (Å²) in [5, 5.41) is 21.7. The largest absolute Gasteiger partial charge is 0.389 e. The number of benzene rings is 4. The van der Waals surface area contributed by atoms with E-state index in [0.29, 0.717) is 11.8 Å². The molecule has 1 saturated heterocycles. The number of hydrogen-bond acceptors (Lipinski definition) is 4. The number of nitrogens with zero attached hydrogens (tertiary/aromatic N) is 2. The first-order chi connectivity index (χ1) is 20.5. The summed E-state index contributed by atoms with van der Waals surface area (Å²) >= 11 is 0. The van der Waals surface area contributed by atoms with Crippen LogP contribution in [0.4, 0.5) is 0 Å². The molecule has 1 heterocycles. The second-order valence-corrected chi connectivity index (χ2v) is 14.0. The number of rotatable bonds is 8. The highest BCUT2D eigenvalue weighted by molar-refractivity contribution is 7.86. The zero-order valence-corrected chi connectivity index (χ0v) is 26.2. The van der Waals surface area contributed by atoms with Crippen LogP contribution < -0.4 is 0 Å². The molecule has 0 radical (unpaired) electrons. The van der Waals surface area contributed by atoms with Gasteiger partial charge >= 0.3 is 0 Å². The summed E-state index contributed by atoms with van der Waals surface area (Å²) in [4.78, 5) is 0. The van der Waals surface area contributed by atoms with Gasteiger partial charge in [-0.15, -0.1) is 0 Å². The van der Waals surface area contributed by atoms with Crippen LogP contribution >= 0.6 is 0 Å². The third-order valence-corrected chi connectivity index (χ3v) is 10.2. The van der Waals surface area contributed by atoms with E-state index in [1.165, 1.54) is 19.7 Å². The third kappa shape index (κ3) is 6.92. The molecule has 0 unspecified atom stereocenters. The molecule has 1 aliphatic heterocycles. The van der Waals surface area contributed by atoms with Crippen LogP contribution in [-0.4, -0.2) is 52.5 Å². The van der Waals surface area contributed by atoms with Crippen molar-refractivity contribution in [3.05, 3.63) is 119 Å². The summed E-state index contributed by atoms with van der Waals surface area (Å²) in [6.07, 6.45) is -2.43. The van der Waals surface area contributed by atoms with Gasteiger partial charge in [-0.3, -0.25) is 0 Å². The summed E-state index contributed by atoms with van der Waals surface area (Å²) in [6, 6.07) is 32.2. The molecule has 0 aromatic heterocycles. The van der Waals surface area contributed by atoms with E-state index in [9.17, 15) is 18.6 Å². The standard InChI is InChI=1S/C36H42N2O4S/c1-25(2)27-13-9-15-29(19-27)33-17-7-5-11-31(33)21-37-23-35(39)36(40)24-38(43(37,41)42)22-32-12-6-8-18-34(32)30-16-10-14-28(20-30)26(3)4/h5-20,25-26,35-36,39-40H,21-24H2,1-4H3/t35-,36-/m0/s1. The maximum atomic E-state index is 14.2. The first kappa shape index (κ1) is 31.1. The van der Waals surface area contributed by atoms with Gasteiger partial charge in [-0.05, 0) is 56.3 Å². The normalized spacial score (nSPS) is 19.5. The highest BCUT2D eigenvalue weighted by atomic mass is 32.2. The van der Waals surface area contributed by atoms with Crippen molar-refractivity contribution in [2.24, 2.45) is 0 Å². The lowest BCUT2D eigenvalue weighted by Crippen LogP contribution is -2.42. The molecule has 2 atom stereocenters. The van der Waals surface area contributed by atoms with Gasteiger partial charge in [-0.2, -0.15) is 17.0 Å². The van der Waals surface area contributed by atoms with Crippen LogP contribution in [0.1, 0.15) is 61.8 Å². The molecule has 1 fully saturated rings. The second-order valence-electron chi connectivity index (χ2n) is 12.1. The van der Waals surface area contributed by atoms with Crippen LogP contribution in [0, 0.1) is 0 Å². The second kappa shape index (κ2) is 13.1. The van der Waals surface area contributed by atoms with E-state index in [-0.39, 0.29) is 26.2 Å². The maximum absolute atomic E-state index is 14.2. The molecule has 2 N–H and O–H groups in total. The Balaban J connectivity index is 1.49. The van der Waals surface area contributed by atoms with Gasteiger partial charge in [0.05, 0.1) is 12.2 Å². The molecule has 226 valence electrons. The Morgan fingerprint density at radius 2 is 1.02 bits per heavy atom. The van der Waals surface area contributed by atoms with Crippen molar-refractivity contribution in [3.63, 3.8) is 0 Å². The van der Waals surface area contributed by atoms with Gasteiger partial charge in [0.25, 0.3) is 10.2 Å². The fraction of sp³-hybridized carbons (Fsp3) is 0.333. The van der Waals surface area contributed by atoms with Crippen molar-refractivity contribution in [2.75, 3.05) is 13.1 Å². The quantitative estimate of drug-likeness (QED) is 0.241. The molecule has 4 aromatic carbocycles. The van der Waals surface area contributed by atoms with Gasteiger partial charge in [0, 0.05) is 26.2 Å². The average molecular weight is 599 g/mol. The topological polar surface area (TPSA) is 81.1 Å². The van der Waals surface area contributed by atoms with E-state index < -0.39 is 22.4 Å². The Morgan fingerprint density at radius 1 is 0.628 bits per heavy atom. The van der Waals surface area contributed by atoms with E-state index in [1.807, 2.05) is 72.8 Å². The molecule has 0 bridgehead atoms. The lowest BCUT2D eigenvalue weighted by Gasteiger charge is -2.28. The summed E-state index contributed by atoms with van der Waals surface area (Å²) in [6.45, 7) is 8.34. The molecule has 0 aliphatic carbocycles. The van der Waals surface area contributed by atoms with E-state index in [4.69, 9.17) is 0 Å². The smallest absolute Gasteiger partial charge is 0.282 e. The molecule has 7 heteroatoms. The molecule has 43 heavy (non-hydrogen) atoms. The highest BCUT2D eigenvalue weighted by Crippen LogP contribution is 2.32.